The van der Waals surface area contributed by atoms with E-state index >= 15 is 0 Å². The van der Waals surface area contributed by atoms with Crippen molar-refractivity contribution >= 4 is 23.1 Å². The highest BCUT2D eigenvalue weighted by molar-refractivity contribution is 6.09. The maximum absolute atomic E-state index is 12.9. The van der Waals surface area contributed by atoms with Crippen LogP contribution in [0.2, 0.25) is 0 Å². The van der Waals surface area contributed by atoms with Crippen molar-refractivity contribution in [3.63, 3.8) is 0 Å². The lowest BCUT2D eigenvalue weighted by atomic mass is 9.95. The number of carbonyl (C=O) groups excluding carboxylic acids is 2. The molecule has 162 valence electrons. The molecule has 0 aromatic heterocycles. The fraction of sp³-hybridized carbons (Fsp3) is 0.391. The molecule has 1 atom stereocenters. The van der Waals surface area contributed by atoms with Crippen molar-refractivity contribution in [2.45, 2.75) is 12.8 Å². The van der Waals surface area contributed by atoms with Crippen molar-refractivity contribution in [2.24, 2.45) is 5.92 Å². The number of ether oxygens (including phenoxy) is 1. The van der Waals surface area contributed by atoms with Gasteiger partial charge in [0.05, 0.1) is 24.1 Å². The normalized spacial score (nSPS) is 19.2. The molecule has 0 saturated carbocycles. The van der Waals surface area contributed by atoms with Crippen LogP contribution in [0.4, 0.5) is 11.4 Å². The van der Waals surface area contributed by atoms with Crippen LogP contribution in [0, 0.1) is 16.0 Å². The molecule has 2 aliphatic rings. The molecule has 2 saturated heterocycles. The predicted octanol–water partition coefficient (Wildman–Crippen LogP) is 2.90. The Hall–Kier alpha value is -3.26. The first kappa shape index (κ1) is 21.0. The first-order valence-corrected chi connectivity index (χ1v) is 10.5. The Morgan fingerprint density at radius 3 is 2.45 bits per heavy atom. The van der Waals surface area contributed by atoms with E-state index < -0.39 is 4.92 Å². The molecule has 1 amide bonds. The zero-order valence-electron chi connectivity index (χ0n) is 17.2. The quantitative estimate of drug-likeness (QED) is 0.417. The third-order valence-electron chi connectivity index (χ3n) is 5.90. The van der Waals surface area contributed by atoms with Crippen LogP contribution < -0.4 is 4.90 Å². The summed E-state index contributed by atoms with van der Waals surface area (Å²) in [6.45, 7) is 3.34. The van der Waals surface area contributed by atoms with E-state index in [0.29, 0.717) is 50.6 Å². The van der Waals surface area contributed by atoms with Crippen LogP contribution in [0.3, 0.4) is 0 Å². The summed E-state index contributed by atoms with van der Waals surface area (Å²) in [6, 6.07) is 13.3. The summed E-state index contributed by atoms with van der Waals surface area (Å²) in [4.78, 5) is 40.7. The number of ketones is 1. The smallest absolute Gasteiger partial charge is 0.293 e. The van der Waals surface area contributed by atoms with Crippen molar-refractivity contribution in [3.8, 4) is 0 Å². The van der Waals surface area contributed by atoms with Gasteiger partial charge in [-0.05, 0) is 25.0 Å². The molecular formula is C23H25N3O5. The highest BCUT2D eigenvalue weighted by Gasteiger charge is 2.32. The summed E-state index contributed by atoms with van der Waals surface area (Å²) >= 11 is 0. The van der Waals surface area contributed by atoms with Crippen molar-refractivity contribution in [1.82, 2.24) is 4.90 Å². The number of amides is 1. The van der Waals surface area contributed by atoms with Crippen LogP contribution in [0.5, 0.6) is 0 Å². The maximum Gasteiger partial charge on any atom is 0.293 e. The highest BCUT2D eigenvalue weighted by atomic mass is 16.6. The SMILES string of the molecule is O=C(c1ccccc1)c1ccc(N2CCCC(C(=O)N3CCOCC3)C2)c([N+](=O)[O-])c1. The van der Waals surface area contributed by atoms with Crippen molar-refractivity contribution < 1.29 is 19.2 Å². The molecule has 0 spiro atoms. The summed E-state index contributed by atoms with van der Waals surface area (Å²) < 4.78 is 5.33. The number of piperidine rings is 1. The number of nitro groups is 1. The molecule has 31 heavy (non-hydrogen) atoms. The number of nitrogens with zero attached hydrogens (tertiary/aromatic N) is 3. The van der Waals surface area contributed by atoms with Crippen molar-refractivity contribution in [1.29, 1.82) is 0 Å². The van der Waals surface area contributed by atoms with E-state index in [2.05, 4.69) is 0 Å². The molecule has 0 aliphatic carbocycles. The molecule has 2 heterocycles. The fourth-order valence-corrected chi connectivity index (χ4v) is 4.27. The van der Waals surface area contributed by atoms with Gasteiger partial charge in [0.15, 0.2) is 5.78 Å². The van der Waals surface area contributed by atoms with Gasteiger partial charge in [0.25, 0.3) is 5.69 Å². The molecule has 0 bridgehead atoms. The Morgan fingerprint density at radius 1 is 1.00 bits per heavy atom. The Labute approximate surface area is 180 Å². The van der Waals surface area contributed by atoms with Crippen LogP contribution in [0.25, 0.3) is 0 Å². The molecule has 0 radical (unpaired) electrons. The van der Waals surface area contributed by atoms with E-state index in [-0.39, 0.29) is 28.9 Å². The number of morpholine rings is 1. The van der Waals surface area contributed by atoms with Gasteiger partial charge in [-0.15, -0.1) is 0 Å². The number of rotatable bonds is 5. The third kappa shape index (κ3) is 4.59. The van der Waals surface area contributed by atoms with Crippen LogP contribution in [0.15, 0.2) is 48.5 Å². The summed E-state index contributed by atoms with van der Waals surface area (Å²) in [5.41, 5.74) is 1.11. The second kappa shape index (κ2) is 9.26. The number of hydrogen-bond donors (Lipinski definition) is 0. The third-order valence-corrected chi connectivity index (χ3v) is 5.90. The lowest BCUT2D eigenvalue weighted by Gasteiger charge is -2.37. The molecular weight excluding hydrogens is 398 g/mol. The largest absolute Gasteiger partial charge is 0.378 e. The van der Waals surface area contributed by atoms with Crippen LogP contribution in [-0.4, -0.2) is 60.9 Å². The van der Waals surface area contributed by atoms with Crippen molar-refractivity contribution in [3.05, 3.63) is 69.8 Å². The topological polar surface area (TPSA) is 93.0 Å². The van der Waals surface area contributed by atoms with Crippen LogP contribution >= 0.6 is 0 Å². The summed E-state index contributed by atoms with van der Waals surface area (Å²) in [6.07, 6.45) is 1.55. The second-order valence-corrected chi connectivity index (χ2v) is 7.88. The number of hydrogen-bond acceptors (Lipinski definition) is 6. The Balaban J connectivity index is 1.56. The first-order chi connectivity index (χ1) is 15.0. The molecule has 4 rings (SSSR count). The Morgan fingerprint density at radius 2 is 1.74 bits per heavy atom. The van der Waals surface area contributed by atoms with Crippen LogP contribution in [-0.2, 0) is 9.53 Å². The Kier molecular flexibility index (Phi) is 6.27. The van der Waals surface area contributed by atoms with E-state index in [4.69, 9.17) is 4.74 Å². The van der Waals surface area contributed by atoms with Gasteiger partial charge in [-0.2, -0.15) is 0 Å². The first-order valence-electron chi connectivity index (χ1n) is 10.5. The Bertz CT molecular complexity index is 972. The van der Waals surface area contributed by atoms with Crippen LogP contribution in [0.1, 0.15) is 28.8 Å². The summed E-state index contributed by atoms with van der Waals surface area (Å²) in [7, 11) is 0. The lowest BCUT2D eigenvalue weighted by Crippen LogP contribution is -2.48. The van der Waals surface area contributed by atoms with E-state index in [1.807, 2.05) is 15.9 Å². The van der Waals surface area contributed by atoms with Crippen molar-refractivity contribution in [2.75, 3.05) is 44.3 Å². The monoisotopic (exact) mass is 423 g/mol. The lowest BCUT2D eigenvalue weighted by molar-refractivity contribution is -0.384. The van der Waals surface area contributed by atoms with E-state index in [1.165, 1.54) is 6.07 Å². The number of anilines is 1. The standard InChI is InChI=1S/C23H25N3O5/c27-22(17-5-2-1-3-6-17)18-8-9-20(21(15-18)26(29)30)25-10-4-7-19(16-25)23(28)24-11-13-31-14-12-24/h1-3,5-6,8-9,15,19H,4,7,10-14,16H2. The van der Waals surface area contributed by atoms with Gasteiger partial charge in [-0.3, -0.25) is 19.7 Å². The number of benzene rings is 2. The zero-order valence-corrected chi connectivity index (χ0v) is 17.2. The molecule has 8 heteroatoms. The molecule has 2 fully saturated rings. The van der Waals surface area contributed by atoms with E-state index in [0.717, 1.165) is 12.8 Å². The average molecular weight is 423 g/mol. The molecule has 0 N–H and O–H groups in total. The summed E-state index contributed by atoms with van der Waals surface area (Å²) in [5, 5.41) is 11.8. The van der Waals surface area contributed by atoms with Gasteiger partial charge in [-0.1, -0.05) is 30.3 Å². The highest BCUT2D eigenvalue weighted by Crippen LogP contribution is 2.33. The minimum atomic E-state index is -0.454. The zero-order chi connectivity index (χ0) is 21.8. The minimum Gasteiger partial charge on any atom is -0.378 e. The molecule has 2 aliphatic heterocycles. The van der Waals surface area contributed by atoms with Gasteiger partial charge < -0.3 is 14.5 Å². The van der Waals surface area contributed by atoms with Gasteiger partial charge in [0.1, 0.15) is 5.69 Å². The number of nitro benzene ring substituents is 1. The maximum atomic E-state index is 12.9. The second-order valence-electron chi connectivity index (χ2n) is 7.88. The molecule has 8 nitrogen and oxygen atoms in total. The minimum absolute atomic E-state index is 0.0894. The fourth-order valence-electron chi connectivity index (χ4n) is 4.27. The molecule has 2 aromatic carbocycles. The molecule has 1 unspecified atom stereocenters. The molecule has 2 aromatic rings. The summed E-state index contributed by atoms with van der Waals surface area (Å²) in [5.74, 6) is -0.363. The van der Waals surface area contributed by atoms with Gasteiger partial charge >= 0.3 is 0 Å². The predicted molar refractivity (Wildman–Crippen MR) is 115 cm³/mol. The van der Waals surface area contributed by atoms with Gasteiger partial charge in [-0.25, -0.2) is 0 Å². The van der Waals surface area contributed by atoms with Gasteiger partial charge in [0, 0.05) is 43.4 Å². The van der Waals surface area contributed by atoms with Gasteiger partial charge in [0.2, 0.25) is 5.91 Å². The van der Waals surface area contributed by atoms with E-state index in [9.17, 15) is 19.7 Å². The van der Waals surface area contributed by atoms with E-state index in [1.54, 1.807) is 36.4 Å². The average Bonchev–Trinajstić information content (AvgIpc) is 2.84. The number of carbonyl (C=O) groups is 2.